The fourth-order valence-electron chi connectivity index (χ4n) is 1.80. The Kier molecular flexibility index (Phi) is 3.61. The molecule has 1 aromatic rings. The molecule has 0 radical (unpaired) electrons. The Balaban J connectivity index is 1.80. The number of aromatic nitrogens is 1. The fourth-order valence-corrected chi connectivity index (χ4v) is 1.80. The van der Waals surface area contributed by atoms with E-state index in [-0.39, 0.29) is 12.5 Å². The van der Waals surface area contributed by atoms with Crippen molar-refractivity contribution in [1.29, 1.82) is 0 Å². The minimum Gasteiger partial charge on any atom is -0.479 e. The number of rotatable bonds is 4. The van der Waals surface area contributed by atoms with Gasteiger partial charge >= 0.3 is 5.97 Å². The van der Waals surface area contributed by atoms with Crippen molar-refractivity contribution in [3.63, 3.8) is 0 Å². The van der Waals surface area contributed by atoms with Crippen molar-refractivity contribution in [2.24, 2.45) is 0 Å². The molecule has 1 aromatic heterocycles. The van der Waals surface area contributed by atoms with Gasteiger partial charge in [-0.15, -0.1) is 0 Å². The van der Waals surface area contributed by atoms with Crippen LogP contribution in [0, 0.1) is 6.92 Å². The number of carboxylic acid groups (broad SMARTS) is 1. The third-order valence-electron chi connectivity index (χ3n) is 2.71. The standard InChI is InChI=1S/C11H14N2O5/c1-6-4-7(13-18-6)5-12-10(14)8-2-3-9(17-8)11(15)16/h4,8-9H,2-3,5H2,1H3,(H,12,14)(H,15,16). The first kappa shape index (κ1) is 12.6. The highest BCUT2D eigenvalue weighted by Gasteiger charge is 2.34. The zero-order valence-corrected chi connectivity index (χ0v) is 9.88. The minimum atomic E-state index is -1.03. The van der Waals surface area contributed by atoms with Gasteiger partial charge in [0.1, 0.15) is 17.6 Å². The van der Waals surface area contributed by atoms with Crippen molar-refractivity contribution >= 4 is 11.9 Å². The molecule has 0 saturated carbocycles. The zero-order valence-electron chi connectivity index (χ0n) is 9.88. The van der Waals surface area contributed by atoms with Crippen LogP contribution in [0.15, 0.2) is 10.6 Å². The summed E-state index contributed by atoms with van der Waals surface area (Å²) in [5.74, 6) is -0.681. The second-order valence-corrected chi connectivity index (χ2v) is 4.18. The first-order valence-electron chi connectivity index (χ1n) is 5.64. The Labute approximate surface area is 103 Å². The van der Waals surface area contributed by atoms with E-state index in [0.717, 1.165) is 0 Å². The number of hydrogen-bond acceptors (Lipinski definition) is 5. The van der Waals surface area contributed by atoms with Gasteiger partial charge in [-0.25, -0.2) is 4.79 Å². The highest BCUT2D eigenvalue weighted by atomic mass is 16.5. The Morgan fingerprint density at radius 3 is 2.78 bits per heavy atom. The smallest absolute Gasteiger partial charge is 0.332 e. The SMILES string of the molecule is Cc1cc(CNC(=O)C2CCC(C(=O)O)O2)no1. The summed E-state index contributed by atoms with van der Waals surface area (Å²) < 4.78 is 9.98. The van der Waals surface area contributed by atoms with E-state index in [4.69, 9.17) is 14.4 Å². The Hall–Kier alpha value is -1.89. The van der Waals surface area contributed by atoms with Gasteiger partial charge in [0.05, 0.1) is 6.54 Å². The molecule has 7 nitrogen and oxygen atoms in total. The third kappa shape index (κ3) is 2.86. The van der Waals surface area contributed by atoms with Gasteiger partial charge in [0.2, 0.25) is 5.91 Å². The van der Waals surface area contributed by atoms with Crippen molar-refractivity contribution in [2.75, 3.05) is 0 Å². The summed E-state index contributed by atoms with van der Waals surface area (Å²) in [7, 11) is 0. The van der Waals surface area contributed by atoms with E-state index >= 15 is 0 Å². The summed E-state index contributed by atoms with van der Waals surface area (Å²) in [6, 6.07) is 1.72. The van der Waals surface area contributed by atoms with E-state index in [1.165, 1.54) is 0 Å². The number of aryl methyl sites for hydroxylation is 1. The normalized spacial score (nSPS) is 22.9. The molecule has 18 heavy (non-hydrogen) atoms. The molecule has 1 aliphatic rings. The molecule has 1 aliphatic heterocycles. The lowest BCUT2D eigenvalue weighted by Gasteiger charge is -2.10. The minimum absolute atomic E-state index is 0.244. The third-order valence-corrected chi connectivity index (χ3v) is 2.71. The number of hydrogen-bond donors (Lipinski definition) is 2. The number of carbonyl (C=O) groups excluding carboxylic acids is 1. The van der Waals surface area contributed by atoms with Crippen LogP contribution in [-0.2, 0) is 20.9 Å². The van der Waals surface area contributed by atoms with Crippen LogP contribution in [0.5, 0.6) is 0 Å². The number of nitrogens with one attached hydrogen (secondary N) is 1. The van der Waals surface area contributed by atoms with E-state index in [0.29, 0.717) is 24.3 Å². The number of aliphatic carboxylic acids is 1. The lowest BCUT2D eigenvalue weighted by atomic mass is 10.2. The predicted molar refractivity (Wildman–Crippen MR) is 58.6 cm³/mol. The molecule has 1 saturated heterocycles. The number of amides is 1. The average Bonchev–Trinajstić information content (AvgIpc) is 2.94. The molecule has 2 N–H and O–H groups in total. The maximum atomic E-state index is 11.7. The second-order valence-electron chi connectivity index (χ2n) is 4.18. The highest BCUT2D eigenvalue weighted by molar-refractivity contribution is 5.82. The van der Waals surface area contributed by atoms with Gasteiger partial charge in [0, 0.05) is 6.07 Å². The maximum absolute atomic E-state index is 11.7. The molecule has 1 amide bonds. The monoisotopic (exact) mass is 254 g/mol. The van der Waals surface area contributed by atoms with E-state index in [1.807, 2.05) is 0 Å². The maximum Gasteiger partial charge on any atom is 0.332 e. The molecule has 1 fully saturated rings. The van der Waals surface area contributed by atoms with Crippen LogP contribution in [0.2, 0.25) is 0 Å². The van der Waals surface area contributed by atoms with E-state index in [1.54, 1.807) is 13.0 Å². The molecule has 0 bridgehead atoms. The van der Waals surface area contributed by atoms with Gasteiger partial charge in [-0.2, -0.15) is 0 Å². The van der Waals surface area contributed by atoms with Gasteiger partial charge in [-0.05, 0) is 19.8 Å². The Morgan fingerprint density at radius 2 is 2.22 bits per heavy atom. The van der Waals surface area contributed by atoms with E-state index < -0.39 is 18.2 Å². The first-order valence-corrected chi connectivity index (χ1v) is 5.64. The summed E-state index contributed by atoms with van der Waals surface area (Å²) in [4.78, 5) is 22.4. The molecular formula is C11H14N2O5. The zero-order chi connectivity index (χ0) is 13.1. The number of carbonyl (C=O) groups is 2. The number of carboxylic acids is 1. The van der Waals surface area contributed by atoms with Crippen LogP contribution in [0.25, 0.3) is 0 Å². The molecule has 2 atom stereocenters. The van der Waals surface area contributed by atoms with Gasteiger partial charge < -0.3 is 19.7 Å². The molecule has 2 rings (SSSR count). The number of ether oxygens (including phenoxy) is 1. The second kappa shape index (κ2) is 5.18. The fraction of sp³-hybridized carbons (Fsp3) is 0.545. The van der Waals surface area contributed by atoms with Crippen molar-refractivity contribution in [2.45, 2.75) is 38.5 Å². The summed E-state index contributed by atoms with van der Waals surface area (Å²) in [5.41, 5.74) is 0.619. The van der Waals surface area contributed by atoms with Crippen molar-refractivity contribution in [3.8, 4) is 0 Å². The summed E-state index contributed by atoms with van der Waals surface area (Å²) in [6.45, 7) is 2.00. The molecule has 2 unspecified atom stereocenters. The van der Waals surface area contributed by atoms with Crippen LogP contribution in [-0.4, -0.2) is 34.3 Å². The summed E-state index contributed by atoms with van der Waals surface area (Å²) in [5, 5.41) is 15.1. The lowest BCUT2D eigenvalue weighted by molar-refractivity contribution is -0.151. The molecule has 98 valence electrons. The summed E-state index contributed by atoms with van der Waals surface area (Å²) >= 11 is 0. The molecule has 0 aliphatic carbocycles. The van der Waals surface area contributed by atoms with Crippen LogP contribution in [0.3, 0.4) is 0 Å². The van der Waals surface area contributed by atoms with Crippen molar-refractivity contribution in [3.05, 3.63) is 17.5 Å². The van der Waals surface area contributed by atoms with Crippen LogP contribution >= 0.6 is 0 Å². The Bertz CT molecular complexity index is 456. The molecule has 2 heterocycles. The number of nitrogens with zero attached hydrogens (tertiary/aromatic N) is 1. The van der Waals surface area contributed by atoms with Crippen molar-refractivity contribution < 1.29 is 24.0 Å². The van der Waals surface area contributed by atoms with Gasteiger partial charge in [-0.1, -0.05) is 5.16 Å². The van der Waals surface area contributed by atoms with Crippen molar-refractivity contribution in [1.82, 2.24) is 10.5 Å². The topological polar surface area (TPSA) is 102 Å². The quantitative estimate of drug-likeness (QED) is 0.797. The highest BCUT2D eigenvalue weighted by Crippen LogP contribution is 2.20. The Morgan fingerprint density at radius 1 is 1.50 bits per heavy atom. The molecule has 0 aromatic carbocycles. The first-order chi connectivity index (χ1) is 8.56. The summed E-state index contributed by atoms with van der Waals surface area (Å²) in [6.07, 6.45) is -0.800. The molecule has 0 spiro atoms. The van der Waals surface area contributed by atoms with Crippen LogP contribution in [0.4, 0.5) is 0 Å². The van der Waals surface area contributed by atoms with E-state index in [2.05, 4.69) is 10.5 Å². The lowest BCUT2D eigenvalue weighted by Crippen LogP contribution is -2.35. The largest absolute Gasteiger partial charge is 0.479 e. The van der Waals surface area contributed by atoms with E-state index in [9.17, 15) is 9.59 Å². The molecule has 7 heteroatoms. The predicted octanol–water partition coefficient (Wildman–Crippen LogP) is 0.231. The average molecular weight is 254 g/mol. The van der Waals surface area contributed by atoms with Gasteiger partial charge in [0.15, 0.2) is 6.10 Å². The van der Waals surface area contributed by atoms with Crippen LogP contribution < -0.4 is 5.32 Å². The van der Waals surface area contributed by atoms with Gasteiger partial charge in [0.25, 0.3) is 0 Å². The van der Waals surface area contributed by atoms with Gasteiger partial charge in [-0.3, -0.25) is 4.79 Å². The molecular weight excluding hydrogens is 240 g/mol. The van der Waals surface area contributed by atoms with Crippen LogP contribution in [0.1, 0.15) is 24.3 Å².